The normalized spacial score (nSPS) is 18.0. The summed E-state index contributed by atoms with van der Waals surface area (Å²) in [6.45, 7) is 7.07. The van der Waals surface area contributed by atoms with Crippen LogP contribution in [0.2, 0.25) is 0 Å². The van der Waals surface area contributed by atoms with Crippen LogP contribution in [-0.2, 0) is 0 Å². The molecule has 0 spiro atoms. The number of rotatable bonds is 4. The molecule has 0 atom stereocenters. The average Bonchev–Trinajstić information content (AvgIpc) is 2.37. The Morgan fingerprint density at radius 2 is 2.16 bits per heavy atom. The summed E-state index contributed by atoms with van der Waals surface area (Å²) in [4.78, 5) is 15.8. The van der Waals surface area contributed by atoms with Crippen LogP contribution in [0.25, 0.3) is 0 Å². The molecular weight excluding hydrogens is 240 g/mol. The molecule has 5 heteroatoms. The van der Waals surface area contributed by atoms with E-state index < -0.39 is 5.91 Å². The quantitative estimate of drug-likeness (QED) is 0.764. The molecule has 1 aliphatic heterocycles. The highest BCUT2D eigenvalue weighted by atomic mass is 16.1. The fourth-order valence-corrected chi connectivity index (χ4v) is 2.39. The van der Waals surface area contributed by atoms with E-state index in [0.717, 1.165) is 38.2 Å². The van der Waals surface area contributed by atoms with Gasteiger partial charge in [-0.25, -0.2) is 4.98 Å². The lowest BCUT2D eigenvalue weighted by atomic mass is 9.81. The summed E-state index contributed by atoms with van der Waals surface area (Å²) in [5, 5.41) is 6.67. The highest BCUT2D eigenvalue weighted by molar-refractivity contribution is 5.97. The molecule has 2 heterocycles. The van der Waals surface area contributed by atoms with Crippen LogP contribution in [0.1, 0.15) is 35.8 Å². The third-order valence-electron chi connectivity index (χ3n) is 3.79. The molecule has 0 radical (unpaired) electrons. The van der Waals surface area contributed by atoms with Gasteiger partial charge in [-0.1, -0.05) is 6.92 Å². The summed E-state index contributed by atoms with van der Waals surface area (Å²) in [5.41, 5.74) is 6.96. The molecule has 5 nitrogen and oxygen atoms in total. The maximum absolute atomic E-state index is 11.4. The number of pyridine rings is 1. The minimum absolute atomic E-state index is 0.242. The SMILES string of the molecule is Cc1ccc(C(N)=O)c(NCC2(C)CCNCC2)n1. The van der Waals surface area contributed by atoms with E-state index >= 15 is 0 Å². The second kappa shape index (κ2) is 5.57. The average molecular weight is 262 g/mol. The van der Waals surface area contributed by atoms with Crippen LogP contribution in [0.15, 0.2) is 12.1 Å². The monoisotopic (exact) mass is 262 g/mol. The van der Waals surface area contributed by atoms with Gasteiger partial charge in [0, 0.05) is 12.2 Å². The maximum Gasteiger partial charge on any atom is 0.252 e. The molecule has 1 aromatic rings. The first kappa shape index (κ1) is 13.8. The zero-order valence-electron chi connectivity index (χ0n) is 11.6. The first-order valence-corrected chi connectivity index (χ1v) is 6.72. The predicted molar refractivity (Wildman–Crippen MR) is 76.2 cm³/mol. The van der Waals surface area contributed by atoms with Gasteiger partial charge in [-0.05, 0) is 50.4 Å². The van der Waals surface area contributed by atoms with Crippen LogP contribution in [0.5, 0.6) is 0 Å². The smallest absolute Gasteiger partial charge is 0.252 e. The number of hydrogen-bond donors (Lipinski definition) is 3. The number of nitrogens with one attached hydrogen (secondary N) is 2. The van der Waals surface area contributed by atoms with Crippen molar-refractivity contribution in [3.05, 3.63) is 23.4 Å². The Balaban J connectivity index is 2.10. The van der Waals surface area contributed by atoms with E-state index in [4.69, 9.17) is 5.73 Å². The van der Waals surface area contributed by atoms with Gasteiger partial charge in [-0.2, -0.15) is 0 Å². The number of carbonyl (C=O) groups is 1. The minimum atomic E-state index is -0.439. The molecule has 1 amide bonds. The van der Waals surface area contributed by atoms with Crippen molar-refractivity contribution in [3.63, 3.8) is 0 Å². The molecule has 0 aromatic carbocycles. The highest BCUT2D eigenvalue weighted by Crippen LogP contribution is 2.28. The molecule has 0 saturated carbocycles. The molecule has 0 aliphatic carbocycles. The fourth-order valence-electron chi connectivity index (χ4n) is 2.39. The number of aryl methyl sites for hydroxylation is 1. The van der Waals surface area contributed by atoms with Gasteiger partial charge in [0.15, 0.2) is 0 Å². The lowest BCUT2D eigenvalue weighted by molar-refractivity contribution is 0.100. The summed E-state index contributed by atoms with van der Waals surface area (Å²) in [7, 11) is 0. The molecule has 0 unspecified atom stereocenters. The van der Waals surface area contributed by atoms with E-state index in [1.54, 1.807) is 12.1 Å². The number of primary amides is 1. The molecule has 4 N–H and O–H groups in total. The van der Waals surface area contributed by atoms with Crippen LogP contribution in [0, 0.1) is 12.3 Å². The van der Waals surface area contributed by atoms with Crippen LogP contribution >= 0.6 is 0 Å². The van der Waals surface area contributed by atoms with Gasteiger partial charge in [0.25, 0.3) is 5.91 Å². The molecule has 1 fully saturated rings. The topological polar surface area (TPSA) is 80.0 Å². The zero-order valence-corrected chi connectivity index (χ0v) is 11.6. The van der Waals surface area contributed by atoms with Crippen molar-refractivity contribution in [2.45, 2.75) is 26.7 Å². The highest BCUT2D eigenvalue weighted by Gasteiger charge is 2.26. The molecule has 2 rings (SSSR count). The number of hydrogen-bond acceptors (Lipinski definition) is 4. The number of piperidine rings is 1. The van der Waals surface area contributed by atoms with Crippen molar-refractivity contribution in [2.24, 2.45) is 11.1 Å². The summed E-state index contributed by atoms with van der Waals surface area (Å²) >= 11 is 0. The van der Waals surface area contributed by atoms with E-state index in [1.165, 1.54) is 0 Å². The summed E-state index contributed by atoms with van der Waals surface area (Å²) in [6, 6.07) is 3.54. The Kier molecular flexibility index (Phi) is 4.04. The number of anilines is 1. The second-order valence-corrected chi connectivity index (χ2v) is 5.63. The number of carbonyl (C=O) groups excluding carboxylic acids is 1. The van der Waals surface area contributed by atoms with Crippen LogP contribution in [0.4, 0.5) is 5.82 Å². The van der Waals surface area contributed by atoms with E-state index in [0.29, 0.717) is 11.4 Å². The van der Waals surface area contributed by atoms with E-state index in [9.17, 15) is 4.79 Å². The van der Waals surface area contributed by atoms with Crippen molar-refractivity contribution in [2.75, 3.05) is 25.0 Å². The van der Waals surface area contributed by atoms with Crippen molar-refractivity contribution in [3.8, 4) is 0 Å². The Bertz CT molecular complexity index is 467. The maximum atomic E-state index is 11.4. The molecule has 104 valence electrons. The molecular formula is C14H22N4O. The summed E-state index contributed by atoms with van der Waals surface area (Å²) in [5.74, 6) is 0.165. The van der Waals surface area contributed by atoms with Crippen molar-refractivity contribution in [1.29, 1.82) is 0 Å². The predicted octanol–water partition coefficient (Wildman–Crippen LogP) is 1.29. The Morgan fingerprint density at radius 1 is 1.47 bits per heavy atom. The van der Waals surface area contributed by atoms with Gasteiger partial charge < -0.3 is 16.4 Å². The molecule has 1 saturated heterocycles. The van der Waals surface area contributed by atoms with Gasteiger partial charge in [0.2, 0.25) is 0 Å². The van der Waals surface area contributed by atoms with Gasteiger partial charge >= 0.3 is 0 Å². The minimum Gasteiger partial charge on any atom is -0.369 e. The number of aromatic nitrogens is 1. The number of nitrogens with two attached hydrogens (primary N) is 1. The molecule has 0 bridgehead atoms. The van der Waals surface area contributed by atoms with Crippen molar-refractivity contribution in [1.82, 2.24) is 10.3 Å². The van der Waals surface area contributed by atoms with Gasteiger partial charge in [-0.3, -0.25) is 4.79 Å². The lowest BCUT2D eigenvalue weighted by Crippen LogP contribution is -2.39. The van der Waals surface area contributed by atoms with E-state index in [1.807, 2.05) is 6.92 Å². The zero-order chi connectivity index (χ0) is 13.9. The Labute approximate surface area is 114 Å². The third-order valence-corrected chi connectivity index (χ3v) is 3.79. The summed E-state index contributed by atoms with van der Waals surface area (Å²) < 4.78 is 0. The summed E-state index contributed by atoms with van der Waals surface area (Å²) in [6.07, 6.45) is 2.25. The Hall–Kier alpha value is -1.62. The van der Waals surface area contributed by atoms with Crippen LogP contribution in [0.3, 0.4) is 0 Å². The fraction of sp³-hybridized carbons (Fsp3) is 0.571. The first-order chi connectivity index (χ1) is 9.00. The number of amides is 1. The van der Waals surface area contributed by atoms with Crippen LogP contribution < -0.4 is 16.4 Å². The van der Waals surface area contributed by atoms with Crippen LogP contribution in [-0.4, -0.2) is 30.5 Å². The molecule has 1 aliphatic rings. The van der Waals surface area contributed by atoms with Gasteiger partial charge in [0.05, 0.1) is 5.56 Å². The largest absolute Gasteiger partial charge is 0.369 e. The van der Waals surface area contributed by atoms with Gasteiger partial charge in [-0.15, -0.1) is 0 Å². The standard InChI is InChI=1S/C14H22N4O/c1-10-3-4-11(12(15)19)13(18-10)17-9-14(2)5-7-16-8-6-14/h3-4,16H,5-9H2,1-2H3,(H2,15,19)(H,17,18). The number of nitrogens with zero attached hydrogens (tertiary/aromatic N) is 1. The van der Waals surface area contributed by atoms with Crippen molar-refractivity contribution < 1.29 is 4.79 Å². The van der Waals surface area contributed by atoms with E-state index in [-0.39, 0.29) is 5.41 Å². The Morgan fingerprint density at radius 3 is 2.79 bits per heavy atom. The molecule has 19 heavy (non-hydrogen) atoms. The third kappa shape index (κ3) is 3.44. The lowest BCUT2D eigenvalue weighted by Gasteiger charge is -2.34. The van der Waals surface area contributed by atoms with E-state index in [2.05, 4.69) is 22.5 Å². The second-order valence-electron chi connectivity index (χ2n) is 5.63. The van der Waals surface area contributed by atoms with Crippen molar-refractivity contribution >= 4 is 11.7 Å². The first-order valence-electron chi connectivity index (χ1n) is 6.72. The van der Waals surface area contributed by atoms with Gasteiger partial charge in [0.1, 0.15) is 5.82 Å². The molecule has 1 aromatic heterocycles.